The number of carbonyl (C=O) groups is 2. The Morgan fingerprint density at radius 2 is 1.15 bits per heavy atom. The molecule has 0 saturated carbocycles. The van der Waals surface area contributed by atoms with Crippen molar-refractivity contribution in [2.75, 3.05) is 20.0 Å². The highest BCUT2D eigenvalue weighted by molar-refractivity contribution is 6.35. The third kappa shape index (κ3) is 6.38. The van der Waals surface area contributed by atoms with Gasteiger partial charge < -0.3 is 15.2 Å². The molecule has 0 aliphatic rings. The highest BCUT2D eigenvalue weighted by Crippen LogP contribution is 2.29. The molecule has 0 spiro atoms. The number of anilines is 1. The molecule has 2 N–H and O–H groups in total. The zero-order valence-corrected chi connectivity index (χ0v) is 22.4. The third-order valence-corrected chi connectivity index (χ3v) is 5.65. The molecule has 4 aromatic rings. The molecule has 0 aliphatic heterocycles. The molecular weight excluding hydrogens is 605 g/mol. The van der Waals surface area contributed by atoms with Gasteiger partial charge in [0.2, 0.25) is 22.1 Å². The summed E-state index contributed by atoms with van der Waals surface area (Å²) in [6.45, 7) is 0. The molecule has 0 atom stereocenters. The number of benzene rings is 2. The van der Waals surface area contributed by atoms with Crippen LogP contribution in [-0.4, -0.2) is 45.7 Å². The van der Waals surface area contributed by atoms with E-state index in [0.717, 1.165) is 36.7 Å². The molecule has 0 saturated heterocycles. The van der Waals surface area contributed by atoms with Gasteiger partial charge in [0.15, 0.2) is 23.3 Å². The fourth-order valence-electron chi connectivity index (χ4n) is 3.14. The van der Waals surface area contributed by atoms with Crippen LogP contribution >= 0.6 is 34.8 Å². The lowest BCUT2D eigenvalue weighted by Crippen LogP contribution is -2.12. The molecule has 2 aromatic heterocycles. The van der Waals surface area contributed by atoms with Crippen LogP contribution < -0.4 is 15.2 Å². The predicted octanol–water partition coefficient (Wildman–Crippen LogP) is 5.53. The number of rotatable bonds is 6. The maximum atomic E-state index is 13.8. The molecule has 0 bridgehead atoms. The summed E-state index contributed by atoms with van der Waals surface area (Å²) in [6.07, 6.45) is 2.07. The summed E-state index contributed by atoms with van der Waals surface area (Å²) >= 11 is 16.8. The van der Waals surface area contributed by atoms with Gasteiger partial charge >= 0.3 is 0 Å². The zero-order chi connectivity index (χ0) is 29.7. The number of carbonyl (C=O) groups excluding carboxylic acids is 2. The SMILES string of the molecule is COc1ccc(F)c(F)c1C(=O)c1cnc(Cl)nc1Cl.COc1ccc(F)c(F)c1C(=O)c1cnc(Cl)nc1N. The number of halogens is 7. The van der Waals surface area contributed by atoms with E-state index in [2.05, 4.69) is 19.9 Å². The van der Waals surface area contributed by atoms with Crippen molar-refractivity contribution in [3.63, 3.8) is 0 Å². The van der Waals surface area contributed by atoms with Gasteiger partial charge in [-0.05, 0) is 47.5 Å². The molecule has 2 heterocycles. The van der Waals surface area contributed by atoms with E-state index in [1.165, 1.54) is 14.2 Å². The Balaban J connectivity index is 0.000000220. The van der Waals surface area contributed by atoms with Crippen LogP contribution in [0.2, 0.25) is 15.7 Å². The van der Waals surface area contributed by atoms with Crippen molar-refractivity contribution < 1.29 is 36.6 Å². The number of hydrogen-bond acceptors (Lipinski definition) is 9. The normalized spacial score (nSPS) is 10.4. The lowest BCUT2D eigenvalue weighted by atomic mass is 10.0. The summed E-state index contributed by atoms with van der Waals surface area (Å²) in [6, 6.07) is 3.98. The van der Waals surface area contributed by atoms with Crippen LogP contribution in [0.15, 0.2) is 36.7 Å². The first-order valence-electron chi connectivity index (χ1n) is 10.5. The van der Waals surface area contributed by atoms with Crippen molar-refractivity contribution in [1.29, 1.82) is 0 Å². The molecule has 0 unspecified atom stereocenters. The maximum absolute atomic E-state index is 13.8. The molecule has 40 heavy (non-hydrogen) atoms. The average Bonchev–Trinajstić information content (AvgIpc) is 2.91. The third-order valence-electron chi connectivity index (χ3n) is 5.00. The monoisotopic (exact) mass is 617 g/mol. The average molecular weight is 619 g/mol. The van der Waals surface area contributed by atoms with E-state index < -0.39 is 46.0 Å². The van der Waals surface area contributed by atoms with Gasteiger partial charge in [-0.25, -0.2) is 37.5 Å². The Bertz CT molecular complexity index is 1510. The van der Waals surface area contributed by atoms with Gasteiger partial charge in [-0.2, -0.15) is 0 Å². The lowest BCUT2D eigenvalue weighted by Gasteiger charge is -2.10. The molecule has 0 fully saturated rings. The second-order valence-corrected chi connectivity index (χ2v) is 8.35. The van der Waals surface area contributed by atoms with E-state index >= 15 is 0 Å². The van der Waals surface area contributed by atoms with Crippen molar-refractivity contribution in [2.45, 2.75) is 0 Å². The van der Waals surface area contributed by atoms with E-state index in [4.69, 9.17) is 50.0 Å². The van der Waals surface area contributed by atoms with Crippen LogP contribution in [0.5, 0.6) is 11.5 Å². The number of aromatic nitrogens is 4. The molecule has 4 rings (SSSR count). The largest absolute Gasteiger partial charge is 0.496 e. The quantitative estimate of drug-likeness (QED) is 0.128. The molecule has 0 aliphatic carbocycles. The standard InChI is InChI=1S/C12H6Cl2F2N2O2.C12H8ClF2N3O2/c1-20-7-3-2-6(15)9(16)8(7)10(19)5-4-17-12(14)18-11(5)13;1-20-7-3-2-6(14)9(15)8(7)10(19)5-4-17-12(13)18-11(5)16/h2-4H,1H3;2-4H,1H3,(H2,16,17,18). The molecule has 0 amide bonds. The van der Waals surface area contributed by atoms with Crippen LogP contribution in [0.4, 0.5) is 23.4 Å². The highest BCUT2D eigenvalue weighted by Gasteiger charge is 2.26. The van der Waals surface area contributed by atoms with E-state index in [9.17, 15) is 27.2 Å². The molecule has 2 aromatic carbocycles. The van der Waals surface area contributed by atoms with Crippen molar-refractivity contribution in [2.24, 2.45) is 0 Å². The summed E-state index contributed by atoms with van der Waals surface area (Å²) in [4.78, 5) is 38.8. The Kier molecular flexibility index (Phi) is 9.79. The zero-order valence-electron chi connectivity index (χ0n) is 20.1. The van der Waals surface area contributed by atoms with Crippen LogP contribution in [0.3, 0.4) is 0 Å². The fraction of sp³-hybridized carbons (Fsp3) is 0.0833. The van der Waals surface area contributed by atoms with Crippen molar-refractivity contribution >= 4 is 52.2 Å². The number of ether oxygens (including phenoxy) is 2. The van der Waals surface area contributed by atoms with Gasteiger partial charge in [-0.1, -0.05) is 11.6 Å². The minimum atomic E-state index is -1.33. The van der Waals surface area contributed by atoms with Gasteiger partial charge in [0.25, 0.3) is 0 Å². The Hall–Kier alpha value is -4.07. The Morgan fingerprint density at radius 3 is 1.57 bits per heavy atom. The van der Waals surface area contributed by atoms with Gasteiger partial charge in [-0.15, -0.1) is 0 Å². The lowest BCUT2D eigenvalue weighted by molar-refractivity contribution is 0.102. The Labute approximate surface area is 237 Å². The van der Waals surface area contributed by atoms with Crippen molar-refractivity contribution in [1.82, 2.24) is 19.9 Å². The summed E-state index contributed by atoms with van der Waals surface area (Å²) in [5.41, 5.74) is 3.96. The highest BCUT2D eigenvalue weighted by atomic mass is 35.5. The predicted molar refractivity (Wildman–Crippen MR) is 136 cm³/mol. The molecule has 208 valence electrons. The second kappa shape index (κ2) is 12.9. The summed E-state index contributed by atoms with van der Waals surface area (Å²) in [5.74, 6) is -7.30. The maximum Gasteiger partial charge on any atom is 0.224 e. The van der Waals surface area contributed by atoms with Crippen LogP contribution in [0.25, 0.3) is 0 Å². The summed E-state index contributed by atoms with van der Waals surface area (Å²) in [7, 11) is 2.45. The Morgan fingerprint density at radius 1 is 0.725 bits per heavy atom. The second-order valence-electron chi connectivity index (χ2n) is 7.32. The van der Waals surface area contributed by atoms with E-state index in [-0.39, 0.29) is 44.2 Å². The van der Waals surface area contributed by atoms with Gasteiger partial charge in [0.05, 0.1) is 25.3 Å². The number of nitrogens with zero attached hydrogens (tertiary/aromatic N) is 4. The first kappa shape index (κ1) is 30.5. The van der Waals surface area contributed by atoms with Crippen molar-refractivity contribution in [3.05, 3.63) is 97.9 Å². The van der Waals surface area contributed by atoms with Crippen LogP contribution in [-0.2, 0) is 0 Å². The van der Waals surface area contributed by atoms with Gasteiger partial charge in [0.1, 0.15) is 33.6 Å². The molecule has 9 nitrogen and oxygen atoms in total. The van der Waals surface area contributed by atoms with E-state index in [1.807, 2.05) is 0 Å². The molecular formula is C24H14Cl3F4N5O4. The minimum Gasteiger partial charge on any atom is -0.496 e. The number of ketones is 2. The molecule has 16 heteroatoms. The number of hydrogen-bond donors (Lipinski definition) is 1. The smallest absolute Gasteiger partial charge is 0.224 e. The van der Waals surface area contributed by atoms with Crippen LogP contribution in [0.1, 0.15) is 31.8 Å². The van der Waals surface area contributed by atoms with Crippen LogP contribution in [0, 0.1) is 23.3 Å². The van der Waals surface area contributed by atoms with Crippen molar-refractivity contribution in [3.8, 4) is 11.5 Å². The van der Waals surface area contributed by atoms with E-state index in [1.54, 1.807) is 0 Å². The molecule has 0 radical (unpaired) electrons. The van der Waals surface area contributed by atoms with Gasteiger partial charge in [0, 0.05) is 12.4 Å². The summed E-state index contributed by atoms with van der Waals surface area (Å²) in [5, 5.41) is -0.593. The number of nitrogen functional groups attached to an aromatic ring is 1. The van der Waals surface area contributed by atoms with Gasteiger partial charge in [-0.3, -0.25) is 9.59 Å². The first-order chi connectivity index (χ1) is 18.9. The van der Waals surface area contributed by atoms with E-state index in [0.29, 0.717) is 0 Å². The topological polar surface area (TPSA) is 130 Å². The fourth-order valence-corrected chi connectivity index (χ4v) is 3.67. The number of nitrogens with two attached hydrogens (primary N) is 1. The minimum absolute atomic E-state index is 0.122. The number of methoxy groups -OCH3 is 2. The summed E-state index contributed by atoms with van der Waals surface area (Å²) < 4.78 is 63.9. The first-order valence-corrected chi connectivity index (χ1v) is 11.6.